The zero-order valence-electron chi connectivity index (χ0n) is 9.83. The van der Waals surface area contributed by atoms with Crippen LogP contribution in [0.3, 0.4) is 0 Å². The molecule has 2 saturated heterocycles. The fraction of sp³-hybridized carbons (Fsp3) is 0.750. The molecular weight excluding hydrogens is 238 g/mol. The molecule has 4 atom stereocenters. The van der Waals surface area contributed by atoms with Gasteiger partial charge in [-0.1, -0.05) is 0 Å². The maximum atomic E-state index is 11.8. The van der Waals surface area contributed by atoms with Crippen molar-refractivity contribution < 1.29 is 14.6 Å². The van der Waals surface area contributed by atoms with Gasteiger partial charge in [0, 0.05) is 24.3 Å². The Morgan fingerprint density at radius 3 is 3.18 bits per heavy atom. The lowest BCUT2D eigenvalue weighted by molar-refractivity contribution is -0.151. The Morgan fingerprint density at radius 1 is 1.71 bits per heavy atom. The third-order valence-electron chi connectivity index (χ3n) is 3.71. The van der Waals surface area contributed by atoms with Gasteiger partial charge in [-0.05, 0) is 25.7 Å². The zero-order chi connectivity index (χ0) is 12.0. The van der Waals surface area contributed by atoms with Gasteiger partial charge in [-0.3, -0.25) is 4.79 Å². The Balaban J connectivity index is 1.62. The molecule has 0 aromatic rings. The first-order chi connectivity index (χ1) is 8.16. The molecule has 0 bridgehead atoms. The van der Waals surface area contributed by atoms with Crippen molar-refractivity contribution in [2.75, 3.05) is 13.2 Å². The van der Waals surface area contributed by atoms with Crippen molar-refractivity contribution in [3.8, 4) is 0 Å². The third kappa shape index (κ3) is 1.90. The van der Waals surface area contributed by atoms with Crippen LogP contribution in [0.2, 0.25) is 0 Å². The summed E-state index contributed by atoms with van der Waals surface area (Å²) in [7, 11) is 0. The number of nitrogens with zero attached hydrogens (tertiary/aromatic N) is 1. The molecule has 3 aliphatic rings. The van der Waals surface area contributed by atoms with Crippen LogP contribution in [0.1, 0.15) is 19.8 Å². The van der Waals surface area contributed by atoms with E-state index in [4.69, 9.17) is 4.74 Å². The van der Waals surface area contributed by atoms with Gasteiger partial charge in [-0.2, -0.15) is 0 Å². The smallest absolute Gasteiger partial charge is 0.236 e. The summed E-state index contributed by atoms with van der Waals surface area (Å²) in [5.41, 5.74) is 0. The summed E-state index contributed by atoms with van der Waals surface area (Å²) in [6.07, 6.45) is 3.56. The lowest BCUT2D eigenvalue weighted by Gasteiger charge is -2.42. The van der Waals surface area contributed by atoms with Crippen LogP contribution in [0.4, 0.5) is 0 Å². The first-order valence-corrected chi connectivity index (χ1v) is 7.00. The highest BCUT2D eigenvalue weighted by molar-refractivity contribution is 8.04. The number of ether oxygens (including phenoxy) is 1. The summed E-state index contributed by atoms with van der Waals surface area (Å²) in [6.45, 7) is 3.41. The molecule has 0 radical (unpaired) electrons. The number of carbonyl (C=O) groups excluding carboxylic acids is 1. The largest absolute Gasteiger partial charge is 0.392 e. The molecule has 1 N–H and O–H groups in total. The molecule has 3 heterocycles. The normalized spacial score (nSPS) is 37.8. The van der Waals surface area contributed by atoms with Gasteiger partial charge in [-0.25, -0.2) is 0 Å². The minimum absolute atomic E-state index is 0.0650. The molecule has 0 spiro atoms. The van der Waals surface area contributed by atoms with Crippen LogP contribution < -0.4 is 0 Å². The maximum absolute atomic E-state index is 11.8. The number of rotatable bonds is 3. The molecule has 2 fully saturated rings. The fourth-order valence-corrected chi connectivity index (χ4v) is 4.28. The van der Waals surface area contributed by atoms with E-state index in [1.165, 1.54) is 4.91 Å². The molecule has 0 aromatic heterocycles. The number of amides is 1. The molecular formula is C12H17NO3S. The molecule has 3 rings (SSSR count). The fourth-order valence-electron chi connectivity index (χ4n) is 2.69. The van der Waals surface area contributed by atoms with Gasteiger partial charge in [0.25, 0.3) is 0 Å². The number of carbonyl (C=O) groups is 1. The number of allylic oxidation sites excluding steroid dienone is 1. The van der Waals surface area contributed by atoms with E-state index in [2.05, 4.69) is 0 Å². The molecule has 5 heteroatoms. The van der Waals surface area contributed by atoms with E-state index in [-0.39, 0.29) is 17.2 Å². The van der Waals surface area contributed by atoms with Crippen LogP contribution >= 0.6 is 11.8 Å². The number of thioether (sulfide) groups is 1. The molecule has 4 nitrogen and oxygen atoms in total. The van der Waals surface area contributed by atoms with Gasteiger partial charge in [0.15, 0.2) is 0 Å². The predicted molar refractivity (Wildman–Crippen MR) is 65.0 cm³/mol. The molecule has 0 saturated carbocycles. The highest BCUT2D eigenvalue weighted by Gasteiger charge is 2.52. The van der Waals surface area contributed by atoms with Crippen molar-refractivity contribution >= 4 is 17.7 Å². The molecule has 1 amide bonds. The lowest BCUT2D eigenvalue weighted by Crippen LogP contribution is -2.58. The maximum Gasteiger partial charge on any atom is 0.236 e. The number of hydrogen-bond acceptors (Lipinski definition) is 4. The van der Waals surface area contributed by atoms with Crippen molar-refractivity contribution in [2.24, 2.45) is 11.8 Å². The van der Waals surface area contributed by atoms with Crippen LogP contribution in [0.5, 0.6) is 0 Å². The van der Waals surface area contributed by atoms with E-state index in [1.807, 2.05) is 6.20 Å². The summed E-state index contributed by atoms with van der Waals surface area (Å²) >= 11 is 1.74. The number of β-lactam (4-membered cyclic amide) rings is 1. The Kier molecular flexibility index (Phi) is 2.92. The second-order valence-corrected chi connectivity index (χ2v) is 6.29. The van der Waals surface area contributed by atoms with Gasteiger partial charge in [-0.15, -0.1) is 11.8 Å². The van der Waals surface area contributed by atoms with E-state index in [0.717, 1.165) is 26.1 Å². The molecule has 0 aromatic carbocycles. The van der Waals surface area contributed by atoms with Crippen LogP contribution in [0, 0.1) is 11.8 Å². The Morgan fingerprint density at radius 2 is 2.53 bits per heavy atom. The molecule has 1 unspecified atom stereocenters. The summed E-state index contributed by atoms with van der Waals surface area (Å²) < 4.78 is 5.36. The lowest BCUT2D eigenvalue weighted by atomic mass is 9.93. The van der Waals surface area contributed by atoms with E-state index < -0.39 is 6.10 Å². The number of aliphatic hydroxyl groups excluding tert-OH is 1. The zero-order valence-corrected chi connectivity index (χ0v) is 10.7. The standard InChI is InChI=1S/C12H17NO3S/c1-7(14)10-11(15)13-5-9(17-12(10)13)4-8-2-3-16-6-8/h5,7-8,10,12,14H,2-4,6H2,1H3/t7-,8?,10+,12-/m1/s1. The summed E-state index contributed by atoms with van der Waals surface area (Å²) in [5, 5.41) is 9.69. The molecule has 94 valence electrons. The predicted octanol–water partition coefficient (Wildman–Crippen LogP) is 1.17. The quantitative estimate of drug-likeness (QED) is 0.769. The van der Waals surface area contributed by atoms with E-state index in [1.54, 1.807) is 23.6 Å². The molecule has 3 aliphatic heterocycles. The first-order valence-electron chi connectivity index (χ1n) is 6.12. The van der Waals surface area contributed by atoms with Crippen LogP contribution in [0.25, 0.3) is 0 Å². The topological polar surface area (TPSA) is 49.8 Å². The minimum Gasteiger partial charge on any atom is -0.392 e. The average Bonchev–Trinajstić information content (AvgIpc) is 2.87. The molecule has 0 aliphatic carbocycles. The summed E-state index contributed by atoms with van der Waals surface area (Å²) in [6, 6.07) is 0. The number of hydrogen-bond donors (Lipinski definition) is 1. The Bertz CT molecular complexity index is 363. The average molecular weight is 255 g/mol. The van der Waals surface area contributed by atoms with Crippen LogP contribution in [0.15, 0.2) is 11.1 Å². The Labute approximate surface area is 105 Å². The molecule has 17 heavy (non-hydrogen) atoms. The monoisotopic (exact) mass is 255 g/mol. The van der Waals surface area contributed by atoms with E-state index in [0.29, 0.717) is 5.92 Å². The third-order valence-corrected chi connectivity index (χ3v) is 5.05. The van der Waals surface area contributed by atoms with Gasteiger partial charge in [0.2, 0.25) is 5.91 Å². The minimum atomic E-state index is -0.543. The highest BCUT2D eigenvalue weighted by atomic mass is 32.2. The van der Waals surface area contributed by atoms with Gasteiger partial charge in [0.1, 0.15) is 5.37 Å². The van der Waals surface area contributed by atoms with Gasteiger partial charge in [0.05, 0.1) is 12.0 Å². The second kappa shape index (κ2) is 4.30. The van der Waals surface area contributed by atoms with Crippen molar-refractivity contribution in [2.45, 2.75) is 31.2 Å². The van der Waals surface area contributed by atoms with Crippen LogP contribution in [-0.4, -0.2) is 40.6 Å². The Hall–Kier alpha value is -0.520. The summed E-state index contributed by atoms with van der Waals surface area (Å²) in [5.74, 6) is 0.455. The SMILES string of the molecule is C[C@@H](O)[C@H]1C(=O)N2C=C(CC3CCOC3)S[C@H]12. The van der Waals surface area contributed by atoms with Crippen molar-refractivity contribution in [3.05, 3.63) is 11.1 Å². The van der Waals surface area contributed by atoms with E-state index in [9.17, 15) is 9.90 Å². The van der Waals surface area contributed by atoms with Crippen LogP contribution in [-0.2, 0) is 9.53 Å². The van der Waals surface area contributed by atoms with Gasteiger partial charge >= 0.3 is 0 Å². The van der Waals surface area contributed by atoms with E-state index >= 15 is 0 Å². The summed E-state index contributed by atoms with van der Waals surface area (Å²) in [4.78, 5) is 14.8. The highest BCUT2D eigenvalue weighted by Crippen LogP contribution is 2.48. The van der Waals surface area contributed by atoms with Gasteiger partial charge < -0.3 is 14.7 Å². The number of aliphatic hydroxyl groups is 1. The number of fused-ring (bicyclic) bond motifs is 1. The van der Waals surface area contributed by atoms with Crippen molar-refractivity contribution in [3.63, 3.8) is 0 Å². The second-order valence-electron chi connectivity index (χ2n) is 5.05. The van der Waals surface area contributed by atoms with Crippen molar-refractivity contribution in [1.29, 1.82) is 0 Å². The van der Waals surface area contributed by atoms with Crippen molar-refractivity contribution in [1.82, 2.24) is 4.90 Å². The first kappa shape index (κ1) is 11.6.